The summed E-state index contributed by atoms with van der Waals surface area (Å²) in [5, 5.41) is 3.04. The number of benzene rings is 2. The Bertz CT molecular complexity index is 1290. The predicted molar refractivity (Wildman–Crippen MR) is 105 cm³/mol. The summed E-state index contributed by atoms with van der Waals surface area (Å²) in [6.45, 7) is 0. The fraction of sp³-hybridized carbons (Fsp3) is 0.0476. The Morgan fingerprint density at radius 2 is 1.80 bits per heavy atom. The van der Waals surface area contributed by atoms with Crippen LogP contribution in [0, 0.1) is 5.82 Å². The van der Waals surface area contributed by atoms with E-state index in [2.05, 4.69) is 15.3 Å². The average molecular weight is 407 g/mol. The predicted octanol–water partition coefficient (Wildman–Crippen LogP) is 3.78. The second kappa shape index (κ2) is 8.00. The number of carbonyl (C=O) groups is 1. The summed E-state index contributed by atoms with van der Waals surface area (Å²) in [6.07, 6.45) is 2.54. The van der Waals surface area contributed by atoms with Crippen LogP contribution in [-0.2, 0) is 0 Å². The quantitative estimate of drug-likeness (QED) is 0.502. The second-order valence-corrected chi connectivity index (χ2v) is 6.07. The first-order chi connectivity index (χ1) is 14.5. The number of halogens is 1. The summed E-state index contributed by atoms with van der Waals surface area (Å²) in [5.41, 5.74) is -0.544. The molecule has 0 unspecified atom stereocenters. The Hall–Kier alpha value is -4.27. The maximum atomic E-state index is 13.6. The molecular formula is C21H14FN3O5. The molecule has 0 atom stereocenters. The van der Waals surface area contributed by atoms with E-state index in [-0.39, 0.29) is 28.6 Å². The molecule has 4 rings (SSSR count). The highest BCUT2D eigenvalue weighted by Gasteiger charge is 2.16. The summed E-state index contributed by atoms with van der Waals surface area (Å²) in [6, 6.07) is 12.2. The number of carbonyl (C=O) groups excluding carboxylic acids is 1. The van der Waals surface area contributed by atoms with Gasteiger partial charge in [-0.15, -0.1) is 0 Å². The third kappa shape index (κ3) is 3.81. The van der Waals surface area contributed by atoms with Crippen LogP contribution < -0.4 is 20.4 Å². The van der Waals surface area contributed by atoms with Gasteiger partial charge in [0.15, 0.2) is 22.9 Å². The molecule has 1 amide bonds. The molecule has 0 saturated heterocycles. The van der Waals surface area contributed by atoms with Crippen molar-refractivity contribution in [1.82, 2.24) is 9.97 Å². The summed E-state index contributed by atoms with van der Waals surface area (Å²) in [5.74, 6) is -0.896. The molecule has 4 aromatic rings. The lowest BCUT2D eigenvalue weighted by atomic mass is 10.1. The van der Waals surface area contributed by atoms with Crippen molar-refractivity contribution in [2.24, 2.45) is 0 Å². The number of methoxy groups -OCH3 is 1. The number of para-hydroxylation sites is 2. The van der Waals surface area contributed by atoms with Crippen molar-refractivity contribution in [3.8, 4) is 17.5 Å². The van der Waals surface area contributed by atoms with Gasteiger partial charge in [0.25, 0.3) is 5.91 Å². The van der Waals surface area contributed by atoms with Gasteiger partial charge in [-0.25, -0.2) is 19.2 Å². The van der Waals surface area contributed by atoms with Crippen molar-refractivity contribution in [3.63, 3.8) is 0 Å². The molecule has 0 saturated carbocycles. The molecule has 0 aliphatic carbocycles. The Morgan fingerprint density at radius 1 is 1.07 bits per heavy atom. The van der Waals surface area contributed by atoms with Crippen molar-refractivity contribution in [2.45, 2.75) is 0 Å². The number of amides is 1. The average Bonchev–Trinajstić information content (AvgIpc) is 2.75. The molecule has 2 aromatic heterocycles. The molecule has 9 heteroatoms. The van der Waals surface area contributed by atoms with Crippen molar-refractivity contribution in [3.05, 3.63) is 82.7 Å². The van der Waals surface area contributed by atoms with Crippen molar-refractivity contribution in [2.75, 3.05) is 12.4 Å². The fourth-order valence-electron chi connectivity index (χ4n) is 2.69. The highest BCUT2D eigenvalue weighted by molar-refractivity contribution is 6.05. The molecule has 0 bridgehead atoms. The lowest BCUT2D eigenvalue weighted by molar-refractivity contribution is 0.102. The number of nitrogens with zero attached hydrogens (tertiary/aromatic N) is 2. The zero-order valence-electron chi connectivity index (χ0n) is 15.6. The second-order valence-electron chi connectivity index (χ2n) is 6.07. The molecule has 2 heterocycles. The maximum Gasteiger partial charge on any atom is 0.349 e. The largest absolute Gasteiger partial charge is 0.493 e. The number of hydrogen-bond acceptors (Lipinski definition) is 7. The Labute approximate surface area is 168 Å². The van der Waals surface area contributed by atoms with Crippen LogP contribution in [0.4, 0.5) is 10.1 Å². The lowest BCUT2D eigenvalue weighted by Gasteiger charge is -2.07. The highest BCUT2D eigenvalue weighted by Crippen LogP contribution is 2.25. The van der Waals surface area contributed by atoms with E-state index in [1.165, 1.54) is 43.8 Å². The maximum absolute atomic E-state index is 13.6. The zero-order valence-corrected chi connectivity index (χ0v) is 15.6. The normalized spacial score (nSPS) is 10.6. The number of nitrogens with one attached hydrogen (secondary N) is 1. The lowest BCUT2D eigenvalue weighted by Crippen LogP contribution is -2.21. The highest BCUT2D eigenvalue weighted by atomic mass is 19.1. The molecule has 1 N–H and O–H groups in total. The van der Waals surface area contributed by atoms with Gasteiger partial charge in [0.1, 0.15) is 5.56 Å². The van der Waals surface area contributed by atoms with Gasteiger partial charge in [0.05, 0.1) is 25.2 Å². The zero-order chi connectivity index (χ0) is 21.1. The summed E-state index contributed by atoms with van der Waals surface area (Å²) >= 11 is 0. The first-order valence-electron chi connectivity index (χ1n) is 8.72. The Balaban J connectivity index is 1.53. The van der Waals surface area contributed by atoms with Gasteiger partial charge in [0, 0.05) is 5.39 Å². The molecule has 30 heavy (non-hydrogen) atoms. The number of fused-ring (bicyclic) bond motifs is 1. The van der Waals surface area contributed by atoms with E-state index in [1.807, 2.05) is 0 Å². The van der Waals surface area contributed by atoms with Crippen LogP contribution in [0.1, 0.15) is 10.4 Å². The summed E-state index contributed by atoms with van der Waals surface area (Å²) in [7, 11) is 1.45. The van der Waals surface area contributed by atoms with Crippen LogP contribution in [-0.4, -0.2) is 23.0 Å². The standard InChI is InChI=1S/C21H14FN3O5/c1-28-17-8-4-5-12-9-14(20(27)30-18(12)17)19(26)25-13-10-23-21(24-11-13)29-16-7-3-2-6-15(16)22/h2-11H,1H3,(H,25,26). The SMILES string of the molecule is COc1cccc2cc(C(=O)Nc3cnc(Oc4ccccc4F)nc3)c(=O)oc12. The third-order valence-electron chi connectivity index (χ3n) is 4.11. The minimum absolute atomic E-state index is 0.0292. The van der Waals surface area contributed by atoms with E-state index in [4.69, 9.17) is 13.9 Å². The van der Waals surface area contributed by atoms with Crippen LogP contribution in [0.25, 0.3) is 11.0 Å². The third-order valence-corrected chi connectivity index (χ3v) is 4.11. The van der Waals surface area contributed by atoms with Gasteiger partial charge in [-0.05, 0) is 24.3 Å². The fourth-order valence-corrected chi connectivity index (χ4v) is 2.69. The molecule has 2 aromatic carbocycles. The monoisotopic (exact) mass is 407 g/mol. The van der Waals surface area contributed by atoms with Crippen LogP contribution in [0.3, 0.4) is 0 Å². The number of anilines is 1. The molecular weight excluding hydrogens is 393 g/mol. The van der Waals surface area contributed by atoms with Crippen LogP contribution in [0.15, 0.2) is 70.1 Å². The van der Waals surface area contributed by atoms with Crippen molar-refractivity contribution in [1.29, 1.82) is 0 Å². The molecule has 8 nitrogen and oxygen atoms in total. The summed E-state index contributed by atoms with van der Waals surface area (Å²) < 4.78 is 29.3. The first kappa shape index (κ1) is 19.1. The molecule has 0 aliphatic rings. The molecule has 0 aliphatic heterocycles. The van der Waals surface area contributed by atoms with E-state index in [9.17, 15) is 14.0 Å². The van der Waals surface area contributed by atoms with E-state index < -0.39 is 17.3 Å². The molecule has 0 fully saturated rings. The van der Waals surface area contributed by atoms with E-state index in [1.54, 1.807) is 24.3 Å². The topological polar surface area (TPSA) is 104 Å². The van der Waals surface area contributed by atoms with Crippen LogP contribution in [0.5, 0.6) is 17.5 Å². The van der Waals surface area contributed by atoms with E-state index in [0.29, 0.717) is 11.1 Å². The van der Waals surface area contributed by atoms with Crippen LogP contribution >= 0.6 is 0 Å². The smallest absolute Gasteiger partial charge is 0.349 e. The minimum Gasteiger partial charge on any atom is -0.493 e. The van der Waals surface area contributed by atoms with Crippen LogP contribution in [0.2, 0.25) is 0 Å². The number of ether oxygens (including phenoxy) is 2. The Kier molecular flexibility index (Phi) is 5.08. The van der Waals surface area contributed by atoms with E-state index >= 15 is 0 Å². The first-order valence-corrected chi connectivity index (χ1v) is 8.72. The van der Waals surface area contributed by atoms with Gasteiger partial charge in [-0.3, -0.25) is 4.79 Å². The van der Waals surface area contributed by atoms with Crippen molar-refractivity contribution >= 4 is 22.6 Å². The Morgan fingerprint density at radius 3 is 2.53 bits per heavy atom. The summed E-state index contributed by atoms with van der Waals surface area (Å²) in [4.78, 5) is 32.6. The van der Waals surface area contributed by atoms with Gasteiger partial charge < -0.3 is 19.2 Å². The van der Waals surface area contributed by atoms with Gasteiger partial charge >= 0.3 is 11.6 Å². The minimum atomic E-state index is -0.815. The number of hydrogen-bond donors (Lipinski definition) is 1. The van der Waals surface area contributed by atoms with E-state index in [0.717, 1.165) is 0 Å². The molecule has 150 valence electrons. The molecule has 0 radical (unpaired) electrons. The number of rotatable bonds is 5. The van der Waals surface area contributed by atoms with Gasteiger partial charge in [0.2, 0.25) is 0 Å². The van der Waals surface area contributed by atoms with Gasteiger partial charge in [-0.2, -0.15) is 0 Å². The number of aromatic nitrogens is 2. The van der Waals surface area contributed by atoms with Crippen molar-refractivity contribution < 1.29 is 23.1 Å². The molecule has 0 spiro atoms. The van der Waals surface area contributed by atoms with Gasteiger partial charge in [-0.1, -0.05) is 24.3 Å².